The van der Waals surface area contributed by atoms with Gasteiger partial charge >= 0.3 is 5.97 Å². The average molecular weight is 282 g/mol. The van der Waals surface area contributed by atoms with Crippen molar-refractivity contribution in [3.63, 3.8) is 0 Å². The van der Waals surface area contributed by atoms with Crippen LogP contribution < -0.4 is 0 Å². The zero-order chi connectivity index (χ0) is 12.1. The summed E-state index contributed by atoms with van der Waals surface area (Å²) in [7, 11) is 1.32. The van der Waals surface area contributed by atoms with Gasteiger partial charge in [0.2, 0.25) is 0 Å². The second-order valence-electron chi connectivity index (χ2n) is 3.22. The Kier molecular flexibility index (Phi) is 4.51. The summed E-state index contributed by atoms with van der Waals surface area (Å²) in [6, 6.07) is 5.54. The predicted octanol–water partition coefficient (Wildman–Crippen LogP) is 2.80. The molecular weight excluding hydrogens is 270 g/mol. The van der Waals surface area contributed by atoms with Gasteiger partial charge in [0.1, 0.15) is 6.07 Å². The van der Waals surface area contributed by atoms with Gasteiger partial charge in [-0.3, -0.25) is 0 Å². The van der Waals surface area contributed by atoms with Crippen LogP contribution in [0.5, 0.6) is 0 Å². The van der Waals surface area contributed by atoms with Gasteiger partial charge in [-0.2, -0.15) is 5.26 Å². The number of halogens is 1. The highest BCUT2D eigenvalue weighted by molar-refractivity contribution is 9.08. The molecule has 0 radical (unpaired) electrons. The summed E-state index contributed by atoms with van der Waals surface area (Å²) in [5.74, 6) is -0.448. The van der Waals surface area contributed by atoms with Crippen molar-refractivity contribution >= 4 is 21.9 Å². The highest BCUT2D eigenvalue weighted by Gasteiger charge is 2.18. The smallest absolute Gasteiger partial charge is 0.339 e. The first-order chi connectivity index (χ1) is 7.69. The molecule has 0 atom stereocenters. The number of rotatable bonds is 3. The highest BCUT2D eigenvalue weighted by Crippen LogP contribution is 2.22. The lowest BCUT2D eigenvalue weighted by molar-refractivity contribution is 0.0599. The molecule has 16 heavy (non-hydrogen) atoms. The Morgan fingerprint density at radius 2 is 2.25 bits per heavy atom. The molecule has 0 aliphatic rings. The molecule has 0 aromatic heterocycles. The lowest BCUT2D eigenvalue weighted by Gasteiger charge is -2.11. The third-order valence-corrected chi connectivity index (χ3v) is 3.02. The molecule has 4 heteroatoms. The molecule has 1 rings (SSSR count). The van der Waals surface area contributed by atoms with E-state index >= 15 is 0 Å². The molecule has 0 N–H and O–H groups in total. The first kappa shape index (κ1) is 12.7. The van der Waals surface area contributed by atoms with Crippen LogP contribution in [0.1, 0.15) is 34.0 Å². The molecule has 0 aliphatic carbocycles. The minimum atomic E-state index is -0.448. The molecule has 3 nitrogen and oxygen atoms in total. The van der Waals surface area contributed by atoms with E-state index in [4.69, 9.17) is 10.00 Å². The van der Waals surface area contributed by atoms with E-state index in [0.717, 1.165) is 11.1 Å². The lowest BCUT2D eigenvalue weighted by Crippen LogP contribution is -2.10. The van der Waals surface area contributed by atoms with Gasteiger partial charge in [0.15, 0.2) is 0 Å². The first-order valence-corrected chi connectivity index (χ1v) is 6.00. The zero-order valence-electron chi connectivity index (χ0n) is 9.21. The van der Waals surface area contributed by atoms with Crippen LogP contribution in [0.2, 0.25) is 0 Å². The molecule has 0 aliphatic heterocycles. The summed E-state index contributed by atoms with van der Waals surface area (Å²) in [5.41, 5.74) is 2.66. The molecule has 0 unspecified atom stereocenters. The number of carbonyl (C=O) groups excluding carboxylic acids is 1. The van der Waals surface area contributed by atoms with Crippen LogP contribution in [0, 0.1) is 11.3 Å². The van der Waals surface area contributed by atoms with Gasteiger partial charge in [-0.05, 0) is 23.6 Å². The Bertz CT molecular complexity index is 449. The Morgan fingerprint density at radius 3 is 2.69 bits per heavy atom. The number of nitrogens with zero attached hydrogens (tertiary/aromatic N) is 1. The number of methoxy groups -OCH3 is 1. The van der Waals surface area contributed by atoms with Gasteiger partial charge in [0.25, 0.3) is 0 Å². The fourth-order valence-electron chi connectivity index (χ4n) is 1.65. The molecule has 0 bridgehead atoms. The van der Waals surface area contributed by atoms with E-state index in [1.54, 1.807) is 6.07 Å². The zero-order valence-corrected chi connectivity index (χ0v) is 10.8. The maximum absolute atomic E-state index is 11.7. The van der Waals surface area contributed by atoms with Crippen molar-refractivity contribution in [1.82, 2.24) is 0 Å². The maximum atomic E-state index is 11.7. The van der Waals surface area contributed by atoms with Crippen LogP contribution in [0.25, 0.3) is 0 Å². The Labute approximate surface area is 103 Å². The van der Waals surface area contributed by atoms with Crippen LogP contribution in [0.4, 0.5) is 0 Å². The fourth-order valence-corrected chi connectivity index (χ4v) is 2.17. The summed E-state index contributed by atoms with van der Waals surface area (Å²) in [6.07, 6.45) is 0.695. The molecule has 0 saturated heterocycles. The molecular formula is C12H12BrNO2. The largest absolute Gasteiger partial charge is 0.465 e. The van der Waals surface area contributed by atoms with Crippen LogP contribution in [0.15, 0.2) is 12.1 Å². The fraction of sp³-hybridized carbons (Fsp3) is 0.333. The number of hydrogen-bond acceptors (Lipinski definition) is 3. The monoisotopic (exact) mass is 281 g/mol. The van der Waals surface area contributed by atoms with E-state index in [1.165, 1.54) is 7.11 Å². The summed E-state index contributed by atoms with van der Waals surface area (Å²) in [6.45, 7) is 1.95. The van der Waals surface area contributed by atoms with Crippen molar-refractivity contribution in [3.8, 4) is 6.07 Å². The van der Waals surface area contributed by atoms with Crippen molar-refractivity contribution < 1.29 is 9.53 Å². The van der Waals surface area contributed by atoms with Gasteiger partial charge < -0.3 is 4.74 Å². The molecule has 0 spiro atoms. The Hall–Kier alpha value is -1.34. The van der Waals surface area contributed by atoms with Crippen LogP contribution in [-0.2, 0) is 16.5 Å². The van der Waals surface area contributed by atoms with Crippen molar-refractivity contribution in [3.05, 3.63) is 34.4 Å². The van der Waals surface area contributed by atoms with Crippen molar-refractivity contribution in [2.24, 2.45) is 0 Å². The molecule has 84 valence electrons. The highest BCUT2D eigenvalue weighted by atomic mass is 79.9. The van der Waals surface area contributed by atoms with E-state index in [9.17, 15) is 4.79 Å². The number of ether oxygens (including phenoxy) is 1. The van der Waals surface area contributed by atoms with Crippen LogP contribution in [0.3, 0.4) is 0 Å². The predicted molar refractivity (Wildman–Crippen MR) is 64.5 cm³/mol. The van der Waals surface area contributed by atoms with Crippen molar-refractivity contribution in [1.29, 1.82) is 5.26 Å². The maximum Gasteiger partial charge on any atom is 0.339 e. The summed E-state index contributed by atoms with van der Waals surface area (Å²) in [4.78, 5) is 11.7. The second kappa shape index (κ2) is 5.66. The topological polar surface area (TPSA) is 50.1 Å². The SMILES string of the molecule is CCc1c(CBr)ccc(C#N)c1C(=O)OC. The number of esters is 1. The Balaban J connectivity index is 3.50. The average Bonchev–Trinajstić information content (AvgIpc) is 2.35. The Morgan fingerprint density at radius 1 is 1.56 bits per heavy atom. The van der Waals surface area contributed by atoms with Crippen LogP contribution in [-0.4, -0.2) is 13.1 Å². The standard InChI is InChI=1S/C12H12BrNO2/c1-3-10-8(6-13)4-5-9(7-14)11(10)12(15)16-2/h4-5H,3,6H2,1-2H3. The summed E-state index contributed by atoms with van der Waals surface area (Å²) < 4.78 is 4.72. The van der Waals surface area contributed by atoms with Crippen molar-refractivity contribution in [2.75, 3.05) is 7.11 Å². The minimum absolute atomic E-state index is 0.369. The van der Waals surface area contributed by atoms with E-state index in [1.807, 2.05) is 19.1 Å². The van der Waals surface area contributed by atoms with Crippen LogP contribution >= 0.6 is 15.9 Å². The van der Waals surface area contributed by atoms with E-state index in [0.29, 0.717) is 22.9 Å². The minimum Gasteiger partial charge on any atom is -0.465 e. The number of carbonyl (C=O) groups is 1. The van der Waals surface area contributed by atoms with Crippen molar-refractivity contribution in [2.45, 2.75) is 18.7 Å². The number of hydrogen-bond donors (Lipinski definition) is 0. The summed E-state index contributed by atoms with van der Waals surface area (Å²) >= 11 is 3.37. The van der Waals surface area contributed by atoms with Gasteiger partial charge in [-0.1, -0.05) is 28.9 Å². The molecule has 0 heterocycles. The number of benzene rings is 1. The number of nitriles is 1. The van der Waals surface area contributed by atoms with E-state index in [-0.39, 0.29) is 0 Å². The summed E-state index contributed by atoms with van der Waals surface area (Å²) in [5, 5.41) is 9.64. The molecule has 0 fully saturated rings. The van der Waals surface area contributed by atoms with Gasteiger partial charge in [0, 0.05) is 5.33 Å². The molecule has 1 aromatic carbocycles. The third-order valence-electron chi connectivity index (χ3n) is 2.42. The van der Waals surface area contributed by atoms with Gasteiger partial charge in [-0.15, -0.1) is 0 Å². The number of alkyl halides is 1. The molecule has 1 aromatic rings. The lowest BCUT2D eigenvalue weighted by atomic mass is 9.95. The third kappa shape index (κ3) is 2.25. The first-order valence-electron chi connectivity index (χ1n) is 4.88. The van der Waals surface area contributed by atoms with Gasteiger partial charge in [0.05, 0.1) is 18.2 Å². The second-order valence-corrected chi connectivity index (χ2v) is 3.78. The quantitative estimate of drug-likeness (QED) is 0.632. The van der Waals surface area contributed by atoms with E-state index in [2.05, 4.69) is 15.9 Å². The molecule has 0 saturated carbocycles. The molecule has 0 amide bonds. The van der Waals surface area contributed by atoms with E-state index < -0.39 is 5.97 Å². The van der Waals surface area contributed by atoms with Gasteiger partial charge in [-0.25, -0.2) is 4.79 Å². The normalized spacial score (nSPS) is 9.62.